The molecule has 1 fully saturated rings. The molecule has 9 nitrogen and oxygen atoms in total. The molecule has 1 unspecified atom stereocenters. The average Bonchev–Trinajstić information content (AvgIpc) is 2.67. The molecule has 2 rings (SSSR count). The molecular weight excluding hydrogens is 413 g/mol. The number of rotatable bonds is 9. The summed E-state index contributed by atoms with van der Waals surface area (Å²) in [5.74, 6) is -3.92. The average molecular weight is 433 g/mol. The number of nitro groups is 1. The maximum Gasteiger partial charge on any atom is 0.416 e. The molecule has 1 saturated heterocycles. The lowest BCUT2D eigenvalue weighted by molar-refractivity contribution is -0.385. The van der Waals surface area contributed by atoms with Gasteiger partial charge in [0.25, 0.3) is 5.69 Å². The van der Waals surface area contributed by atoms with Crippen LogP contribution in [0, 0.1) is 10.1 Å². The Hall–Kier alpha value is -2.73. The summed E-state index contributed by atoms with van der Waals surface area (Å²) in [5, 5.41) is 22.3. The zero-order valence-corrected chi connectivity index (χ0v) is 16.1. The van der Waals surface area contributed by atoms with Gasteiger partial charge in [-0.3, -0.25) is 14.9 Å². The van der Waals surface area contributed by atoms with Gasteiger partial charge in [-0.1, -0.05) is 0 Å². The zero-order valence-electron chi connectivity index (χ0n) is 16.1. The molecule has 1 aromatic carbocycles. The van der Waals surface area contributed by atoms with Crippen LogP contribution in [0.3, 0.4) is 0 Å². The molecule has 0 aromatic heterocycles. The van der Waals surface area contributed by atoms with Gasteiger partial charge in [-0.05, 0) is 31.4 Å². The number of Topliss-reactive ketones (excluding diaryl/α,β-unsaturated/α-hetero) is 1. The monoisotopic (exact) mass is 433 g/mol. The molecule has 0 amide bonds. The Labute approximate surface area is 169 Å². The minimum absolute atomic E-state index is 0.0833. The Bertz CT molecular complexity index is 808. The number of nitrogens with zero attached hydrogens (tertiary/aromatic N) is 2. The highest BCUT2D eigenvalue weighted by Gasteiger charge is 2.39. The number of ketones is 1. The summed E-state index contributed by atoms with van der Waals surface area (Å²) in [7, 11) is 1.41. The van der Waals surface area contributed by atoms with Gasteiger partial charge in [0.2, 0.25) is 0 Å². The van der Waals surface area contributed by atoms with Crippen molar-refractivity contribution in [1.29, 1.82) is 0 Å². The summed E-state index contributed by atoms with van der Waals surface area (Å²) in [4.78, 5) is 34.0. The van der Waals surface area contributed by atoms with E-state index in [1.807, 2.05) is 0 Å². The third-order valence-corrected chi connectivity index (χ3v) is 4.59. The lowest BCUT2D eigenvalue weighted by atomic mass is 9.98. The molecule has 12 heteroatoms. The predicted molar refractivity (Wildman–Crippen MR) is 94.6 cm³/mol. The first-order valence-electron chi connectivity index (χ1n) is 9.08. The number of halogens is 3. The molecule has 1 aliphatic rings. The number of nitro benzene ring substituents is 1. The van der Waals surface area contributed by atoms with E-state index in [9.17, 15) is 38.0 Å². The number of hydrogen-bond acceptors (Lipinski definition) is 8. The summed E-state index contributed by atoms with van der Waals surface area (Å²) in [6.07, 6.45) is -4.21. The molecule has 0 saturated carbocycles. The van der Waals surface area contributed by atoms with Gasteiger partial charge in [0, 0.05) is 26.6 Å². The van der Waals surface area contributed by atoms with E-state index in [2.05, 4.69) is 0 Å². The van der Waals surface area contributed by atoms with Crippen molar-refractivity contribution in [3.63, 3.8) is 0 Å². The van der Waals surface area contributed by atoms with Crippen molar-refractivity contribution in [3.8, 4) is 0 Å². The standard InChI is InChI=1S/C18H21F3N2O7/c1-22(7-9-30-15-4-2-3-8-29-15)13-6-5-12(18(19,20)21)11(16(13)23(27)28)10-14(24)17(25)26/h5-6,15H,2-4,7-10H2,1H3,(H,25,26)/p-1. The van der Waals surface area contributed by atoms with Crippen LogP contribution in [0.2, 0.25) is 0 Å². The SMILES string of the molecule is CN(CCOC1CCCCO1)c1ccc(C(F)(F)F)c(CC(=O)C(=O)[O-])c1[N+](=O)[O-]. The first-order chi connectivity index (χ1) is 14.0. The van der Waals surface area contributed by atoms with Crippen LogP contribution in [0.5, 0.6) is 0 Å². The fraction of sp³-hybridized carbons (Fsp3) is 0.556. The van der Waals surface area contributed by atoms with Crippen molar-refractivity contribution in [2.24, 2.45) is 0 Å². The first kappa shape index (κ1) is 23.5. The molecule has 1 heterocycles. The number of ether oxygens (including phenoxy) is 2. The zero-order chi connectivity index (χ0) is 22.5. The van der Waals surface area contributed by atoms with Crippen LogP contribution < -0.4 is 10.0 Å². The lowest BCUT2D eigenvalue weighted by Gasteiger charge is -2.25. The minimum Gasteiger partial charge on any atom is -0.542 e. The number of carboxylic acids is 1. The molecule has 0 spiro atoms. The van der Waals surface area contributed by atoms with E-state index in [4.69, 9.17) is 9.47 Å². The summed E-state index contributed by atoms with van der Waals surface area (Å²) < 4.78 is 50.9. The van der Waals surface area contributed by atoms with Gasteiger partial charge in [0.1, 0.15) is 11.7 Å². The van der Waals surface area contributed by atoms with Crippen LogP contribution in [-0.4, -0.2) is 49.8 Å². The normalized spacial score (nSPS) is 16.9. The molecule has 1 atom stereocenters. The van der Waals surface area contributed by atoms with Crippen LogP contribution in [-0.2, 0) is 31.7 Å². The van der Waals surface area contributed by atoms with Crippen molar-refractivity contribution in [2.75, 3.05) is 31.7 Å². The van der Waals surface area contributed by atoms with E-state index in [0.717, 1.165) is 18.9 Å². The molecule has 0 radical (unpaired) electrons. The predicted octanol–water partition coefficient (Wildman–Crippen LogP) is 1.45. The van der Waals surface area contributed by atoms with Gasteiger partial charge in [-0.2, -0.15) is 13.2 Å². The van der Waals surface area contributed by atoms with E-state index in [0.29, 0.717) is 19.1 Å². The van der Waals surface area contributed by atoms with Gasteiger partial charge < -0.3 is 24.3 Å². The van der Waals surface area contributed by atoms with Crippen molar-refractivity contribution < 1.29 is 42.3 Å². The molecule has 30 heavy (non-hydrogen) atoms. The number of hydrogen-bond donors (Lipinski definition) is 0. The number of aliphatic carboxylic acids is 1. The van der Waals surface area contributed by atoms with E-state index in [1.54, 1.807) is 0 Å². The molecular formula is C18H20F3N2O7-. The Balaban J connectivity index is 2.32. The van der Waals surface area contributed by atoms with Crippen LogP contribution in [0.15, 0.2) is 12.1 Å². The number of likely N-dealkylation sites (N-methyl/N-ethyl adjacent to an activating group) is 1. The smallest absolute Gasteiger partial charge is 0.416 e. The van der Waals surface area contributed by atoms with Gasteiger partial charge in [-0.25, -0.2) is 0 Å². The van der Waals surface area contributed by atoms with Gasteiger partial charge in [0.05, 0.1) is 22.7 Å². The molecule has 0 aliphatic carbocycles. The Morgan fingerprint density at radius 2 is 2.03 bits per heavy atom. The number of alkyl halides is 3. The fourth-order valence-electron chi connectivity index (χ4n) is 3.10. The summed E-state index contributed by atoms with van der Waals surface area (Å²) >= 11 is 0. The highest BCUT2D eigenvalue weighted by Crippen LogP contribution is 2.41. The third kappa shape index (κ3) is 5.89. The van der Waals surface area contributed by atoms with Crippen LogP contribution >= 0.6 is 0 Å². The maximum absolute atomic E-state index is 13.3. The summed E-state index contributed by atoms with van der Waals surface area (Å²) in [6, 6.07) is 1.49. The molecule has 0 bridgehead atoms. The summed E-state index contributed by atoms with van der Waals surface area (Å²) in [5.41, 5.74) is -3.67. The number of carbonyl (C=O) groups excluding carboxylic acids is 2. The second kappa shape index (κ2) is 9.85. The minimum atomic E-state index is -5.02. The van der Waals surface area contributed by atoms with Crippen molar-refractivity contribution in [3.05, 3.63) is 33.4 Å². The molecule has 0 N–H and O–H groups in total. The van der Waals surface area contributed by atoms with E-state index < -0.39 is 52.4 Å². The van der Waals surface area contributed by atoms with Crippen molar-refractivity contribution in [1.82, 2.24) is 0 Å². The molecule has 1 aliphatic heterocycles. The van der Waals surface area contributed by atoms with Crippen molar-refractivity contribution in [2.45, 2.75) is 38.1 Å². The van der Waals surface area contributed by atoms with Gasteiger partial charge in [0.15, 0.2) is 12.1 Å². The maximum atomic E-state index is 13.3. The highest BCUT2D eigenvalue weighted by molar-refractivity contribution is 6.32. The Morgan fingerprint density at radius 3 is 2.57 bits per heavy atom. The van der Waals surface area contributed by atoms with E-state index in [-0.39, 0.29) is 18.8 Å². The number of carboxylic acid groups (broad SMARTS) is 1. The second-order valence-corrected chi connectivity index (χ2v) is 6.69. The second-order valence-electron chi connectivity index (χ2n) is 6.69. The first-order valence-corrected chi connectivity index (χ1v) is 9.08. The van der Waals surface area contributed by atoms with Crippen LogP contribution in [0.1, 0.15) is 30.4 Å². The number of anilines is 1. The van der Waals surface area contributed by atoms with Gasteiger partial charge in [-0.15, -0.1) is 0 Å². The van der Waals surface area contributed by atoms with Crippen LogP contribution in [0.25, 0.3) is 0 Å². The van der Waals surface area contributed by atoms with E-state index >= 15 is 0 Å². The van der Waals surface area contributed by atoms with Crippen molar-refractivity contribution >= 4 is 23.1 Å². The number of benzene rings is 1. The highest BCUT2D eigenvalue weighted by atomic mass is 19.4. The molecule has 1 aromatic rings. The fourth-order valence-corrected chi connectivity index (χ4v) is 3.10. The lowest BCUT2D eigenvalue weighted by Crippen LogP contribution is -2.33. The van der Waals surface area contributed by atoms with Gasteiger partial charge >= 0.3 is 6.18 Å². The topological polar surface area (TPSA) is 122 Å². The molecule has 166 valence electrons. The summed E-state index contributed by atoms with van der Waals surface area (Å²) in [6.45, 7) is 0.729. The third-order valence-electron chi connectivity index (χ3n) is 4.59. The Kier molecular flexibility index (Phi) is 7.73. The number of carbonyl (C=O) groups is 2. The largest absolute Gasteiger partial charge is 0.542 e. The van der Waals surface area contributed by atoms with E-state index in [1.165, 1.54) is 11.9 Å². The van der Waals surface area contributed by atoms with Crippen LogP contribution in [0.4, 0.5) is 24.5 Å². The quantitative estimate of drug-likeness (QED) is 0.326. The Morgan fingerprint density at radius 1 is 1.33 bits per heavy atom.